The van der Waals surface area contributed by atoms with Gasteiger partial charge in [0.05, 0.1) is 10.5 Å². The van der Waals surface area contributed by atoms with Gasteiger partial charge in [0.2, 0.25) is 0 Å². The summed E-state index contributed by atoms with van der Waals surface area (Å²) in [4.78, 5) is 33.5. The first kappa shape index (κ1) is 19.5. The Labute approximate surface area is 163 Å². The number of benzene rings is 1. The average Bonchev–Trinajstić information content (AvgIpc) is 2.74. The Morgan fingerprint density at radius 1 is 1.29 bits per heavy atom. The lowest BCUT2D eigenvalue weighted by Gasteiger charge is -2.34. The van der Waals surface area contributed by atoms with E-state index in [0.717, 1.165) is 43.9 Å². The normalized spacial score (nSPS) is 14.6. The van der Waals surface area contributed by atoms with Crippen molar-refractivity contribution in [3.63, 3.8) is 0 Å². The minimum atomic E-state index is -0.499. The van der Waals surface area contributed by atoms with Crippen molar-refractivity contribution in [3.05, 3.63) is 52.0 Å². The van der Waals surface area contributed by atoms with Crippen LogP contribution in [-0.2, 0) is 6.42 Å². The number of hydrogen-bond donors (Lipinski definition) is 2. The summed E-state index contributed by atoms with van der Waals surface area (Å²) in [7, 11) is 1.51. The monoisotopic (exact) mass is 384 g/mol. The molecule has 2 aromatic rings. The number of rotatable bonds is 6. The molecule has 1 fully saturated rings. The highest BCUT2D eigenvalue weighted by atomic mass is 16.6. The lowest BCUT2D eigenvalue weighted by atomic mass is 10.0. The number of nitrogens with zero attached hydrogens (tertiary/aromatic N) is 4. The SMILES string of the molecule is CCc1cc(N2CCC(Nc3ccc([N+](=O)[O-])cc3C(=O)NC)CC2)ncn1. The van der Waals surface area contributed by atoms with Gasteiger partial charge in [0.15, 0.2) is 0 Å². The van der Waals surface area contributed by atoms with Crippen LogP contribution in [0.2, 0.25) is 0 Å². The maximum atomic E-state index is 12.2. The Balaban J connectivity index is 1.68. The number of hydrogen-bond acceptors (Lipinski definition) is 7. The molecule has 148 valence electrons. The summed E-state index contributed by atoms with van der Waals surface area (Å²) in [5, 5.41) is 16.9. The molecule has 0 radical (unpaired) electrons. The van der Waals surface area contributed by atoms with Gasteiger partial charge in [0.25, 0.3) is 11.6 Å². The van der Waals surface area contributed by atoms with E-state index in [4.69, 9.17) is 0 Å². The second-order valence-corrected chi connectivity index (χ2v) is 6.69. The number of nitro groups is 1. The van der Waals surface area contributed by atoms with Crippen molar-refractivity contribution >= 4 is 23.1 Å². The summed E-state index contributed by atoms with van der Waals surface area (Å²) < 4.78 is 0. The number of carbonyl (C=O) groups excluding carboxylic acids is 1. The molecule has 28 heavy (non-hydrogen) atoms. The summed E-state index contributed by atoms with van der Waals surface area (Å²) in [6, 6.07) is 6.52. The number of non-ortho nitro benzene ring substituents is 1. The summed E-state index contributed by atoms with van der Waals surface area (Å²) >= 11 is 0. The second kappa shape index (κ2) is 8.64. The molecule has 0 unspecified atom stereocenters. The van der Waals surface area contributed by atoms with Crippen LogP contribution in [0.15, 0.2) is 30.6 Å². The highest BCUT2D eigenvalue weighted by molar-refractivity contribution is 6.00. The van der Waals surface area contributed by atoms with Crippen molar-refractivity contribution < 1.29 is 9.72 Å². The number of carbonyl (C=O) groups is 1. The van der Waals surface area contributed by atoms with Crippen LogP contribution in [0.25, 0.3) is 0 Å². The standard InChI is InChI=1S/C19H24N6O3/c1-3-13-10-18(22-12-21-13)24-8-6-14(7-9-24)23-17-5-4-15(25(27)28)11-16(17)19(26)20-2/h4-5,10-12,14,23H,3,6-9H2,1-2H3,(H,20,26). The van der Waals surface area contributed by atoms with Crippen molar-refractivity contribution in [1.29, 1.82) is 0 Å². The van der Waals surface area contributed by atoms with E-state index in [2.05, 4.69) is 32.4 Å². The van der Waals surface area contributed by atoms with Crippen molar-refractivity contribution in [3.8, 4) is 0 Å². The minimum Gasteiger partial charge on any atom is -0.382 e. The molecule has 1 amide bonds. The fourth-order valence-electron chi connectivity index (χ4n) is 3.32. The largest absolute Gasteiger partial charge is 0.382 e. The smallest absolute Gasteiger partial charge is 0.270 e. The lowest BCUT2D eigenvalue weighted by molar-refractivity contribution is -0.384. The van der Waals surface area contributed by atoms with E-state index >= 15 is 0 Å². The van der Waals surface area contributed by atoms with Crippen molar-refractivity contribution in [2.45, 2.75) is 32.2 Å². The van der Waals surface area contributed by atoms with Crippen LogP contribution in [0.3, 0.4) is 0 Å². The Hall–Kier alpha value is -3.23. The highest BCUT2D eigenvalue weighted by Crippen LogP contribution is 2.26. The summed E-state index contributed by atoms with van der Waals surface area (Å²) in [6.45, 7) is 3.73. The zero-order chi connectivity index (χ0) is 20.1. The van der Waals surface area contributed by atoms with Gasteiger partial charge in [-0.15, -0.1) is 0 Å². The van der Waals surface area contributed by atoms with Gasteiger partial charge >= 0.3 is 0 Å². The molecule has 2 heterocycles. The Morgan fingerprint density at radius 3 is 2.68 bits per heavy atom. The first-order valence-corrected chi connectivity index (χ1v) is 9.34. The predicted molar refractivity (Wildman–Crippen MR) is 107 cm³/mol. The van der Waals surface area contributed by atoms with Gasteiger partial charge in [-0.3, -0.25) is 14.9 Å². The van der Waals surface area contributed by atoms with Gasteiger partial charge in [0, 0.05) is 55.8 Å². The molecular weight excluding hydrogens is 360 g/mol. The van der Waals surface area contributed by atoms with Crippen LogP contribution in [0.1, 0.15) is 35.8 Å². The van der Waals surface area contributed by atoms with E-state index in [1.807, 2.05) is 6.07 Å². The van der Waals surface area contributed by atoms with Crippen LogP contribution < -0.4 is 15.5 Å². The second-order valence-electron chi connectivity index (χ2n) is 6.69. The van der Waals surface area contributed by atoms with E-state index in [9.17, 15) is 14.9 Å². The van der Waals surface area contributed by atoms with Crippen molar-refractivity contribution in [2.24, 2.45) is 0 Å². The number of amides is 1. The lowest BCUT2D eigenvalue weighted by Crippen LogP contribution is -2.40. The van der Waals surface area contributed by atoms with Crippen molar-refractivity contribution in [1.82, 2.24) is 15.3 Å². The third kappa shape index (κ3) is 4.36. The van der Waals surface area contributed by atoms with Crippen LogP contribution >= 0.6 is 0 Å². The molecule has 9 heteroatoms. The van der Waals surface area contributed by atoms with Gasteiger partial charge in [-0.2, -0.15) is 0 Å². The fraction of sp³-hybridized carbons (Fsp3) is 0.421. The molecule has 1 saturated heterocycles. The maximum Gasteiger partial charge on any atom is 0.270 e. The number of piperidine rings is 1. The molecule has 1 aromatic heterocycles. The zero-order valence-corrected chi connectivity index (χ0v) is 16.0. The first-order valence-electron chi connectivity index (χ1n) is 9.34. The maximum absolute atomic E-state index is 12.2. The predicted octanol–water partition coefficient (Wildman–Crippen LogP) is 2.39. The molecule has 0 bridgehead atoms. The van der Waals surface area contributed by atoms with Crippen LogP contribution in [0.5, 0.6) is 0 Å². The number of aryl methyl sites for hydroxylation is 1. The number of anilines is 2. The molecular formula is C19H24N6O3. The van der Waals surface area contributed by atoms with Crippen LogP contribution in [0, 0.1) is 10.1 Å². The van der Waals surface area contributed by atoms with E-state index in [-0.39, 0.29) is 23.2 Å². The summed E-state index contributed by atoms with van der Waals surface area (Å²) in [6.07, 6.45) is 4.21. The Kier molecular flexibility index (Phi) is 6.03. The zero-order valence-electron chi connectivity index (χ0n) is 16.0. The summed E-state index contributed by atoms with van der Waals surface area (Å²) in [5.41, 5.74) is 1.81. The molecule has 9 nitrogen and oxygen atoms in total. The van der Waals surface area contributed by atoms with E-state index in [0.29, 0.717) is 5.69 Å². The number of aromatic nitrogens is 2. The average molecular weight is 384 g/mol. The van der Waals surface area contributed by atoms with E-state index in [1.54, 1.807) is 12.4 Å². The van der Waals surface area contributed by atoms with Crippen molar-refractivity contribution in [2.75, 3.05) is 30.4 Å². The van der Waals surface area contributed by atoms with Gasteiger partial charge in [-0.1, -0.05) is 6.92 Å². The third-order valence-electron chi connectivity index (χ3n) is 4.94. The van der Waals surface area contributed by atoms with Gasteiger partial charge in [0.1, 0.15) is 12.1 Å². The van der Waals surface area contributed by atoms with Gasteiger partial charge < -0.3 is 15.5 Å². The minimum absolute atomic E-state index is 0.102. The Morgan fingerprint density at radius 2 is 2.04 bits per heavy atom. The fourth-order valence-corrected chi connectivity index (χ4v) is 3.32. The van der Waals surface area contributed by atoms with Crippen LogP contribution in [-0.4, -0.2) is 47.0 Å². The van der Waals surface area contributed by atoms with Gasteiger partial charge in [-0.05, 0) is 25.3 Å². The molecule has 1 aliphatic heterocycles. The molecule has 0 saturated carbocycles. The highest BCUT2D eigenvalue weighted by Gasteiger charge is 2.23. The third-order valence-corrected chi connectivity index (χ3v) is 4.94. The number of nitro benzene ring substituents is 1. The molecule has 0 spiro atoms. The molecule has 3 rings (SSSR count). The molecule has 0 aliphatic carbocycles. The molecule has 2 N–H and O–H groups in total. The van der Waals surface area contributed by atoms with Crippen LogP contribution in [0.4, 0.5) is 17.2 Å². The quantitative estimate of drug-likeness (QED) is 0.581. The number of nitrogens with one attached hydrogen (secondary N) is 2. The topological polar surface area (TPSA) is 113 Å². The Bertz CT molecular complexity index is 864. The van der Waals surface area contributed by atoms with E-state index in [1.165, 1.54) is 19.2 Å². The first-order chi connectivity index (χ1) is 13.5. The summed E-state index contributed by atoms with van der Waals surface area (Å²) in [5.74, 6) is 0.586. The molecule has 1 aromatic carbocycles. The molecule has 1 aliphatic rings. The van der Waals surface area contributed by atoms with E-state index < -0.39 is 4.92 Å². The molecule has 0 atom stereocenters. The van der Waals surface area contributed by atoms with Gasteiger partial charge in [-0.25, -0.2) is 9.97 Å².